The standard InChI is InChI=1S/C18H28N2O/c1-14(2)20-11-5-4-9-18(20,3)13-21-16-6-7-17-15(12-16)8-10-19-17/h6-7,12,14,19H,4-5,8-11,13H2,1-3H3. The summed E-state index contributed by atoms with van der Waals surface area (Å²) in [6, 6.07) is 7.05. The van der Waals surface area contributed by atoms with Gasteiger partial charge >= 0.3 is 0 Å². The molecule has 116 valence electrons. The Kier molecular flexibility index (Phi) is 4.12. The predicted molar refractivity (Wildman–Crippen MR) is 88.2 cm³/mol. The fourth-order valence-corrected chi connectivity index (χ4v) is 3.85. The third-order valence-electron chi connectivity index (χ3n) is 5.02. The van der Waals surface area contributed by atoms with Crippen LogP contribution in [0.4, 0.5) is 5.69 Å². The molecule has 0 saturated carbocycles. The van der Waals surface area contributed by atoms with Crippen LogP contribution in [0, 0.1) is 0 Å². The van der Waals surface area contributed by atoms with Gasteiger partial charge in [-0.1, -0.05) is 6.42 Å². The number of nitrogens with one attached hydrogen (secondary N) is 1. The van der Waals surface area contributed by atoms with Crippen molar-refractivity contribution in [3.8, 4) is 5.75 Å². The van der Waals surface area contributed by atoms with E-state index in [1.54, 1.807) is 0 Å². The first-order valence-electron chi connectivity index (χ1n) is 8.35. The zero-order valence-electron chi connectivity index (χ0n) is 13.6. The highest BCUT2D eigenvalue weighted by molar-refractivity contribution is 5.57. The average molecular weight is 288 g/mol. The minimum absolute atomic E-state index is 0.170. The van der Waals surface area contributed by atoms with Gasteiger partial charge in [0, 0.05) is 18.3 Å². The van der Waals surface area contributed by atoms with E-state index < -0.39 is 0 Å². The molecule has 1 atom stereocenters. The number of nitrogens with zero attached hydrogens (tertiary/aromatic N) is 1. The van der Waals surface area contributed by atoms with Gasteiger partial charge < -0.3 is 10.1 Å². The lowest BCUT2D eigenvalue weighted by Crippen LogP contribution is -2.56. The minimum atomic E-state index is 0.170. The fourth-order valence-electron chi connectivity index (χ4n) is 3.85. The molecule has 2 heterocycles. The molecule has 3 heteroatoms. The van der Waals surface area contributed by atoms with Crippen molar-refractivity contribution in [1.29, 1.82) is 0 Å². The molecule has 0 aliphatic carbocycles. The molecule has 2 aliphatic heterocycles. The molecule has 1 aromatic carbocycles. The number of benzene rings is 1. The fraction of sp³-hybridized carbons (Fsp3) is 0.667. The second kappa shape index (κ2) is 5.88. The number of fused-ring (bicyclic) bond motifs is 1. The van der Waals surface area contributed by atoms with Gasteiger partial charge in [0.15, 0.2) is 0 Å². The first kappa shape index (κ1) is 14.7. The Bertz CT molecular complexity index is 500. The van der Waals surface area contributed by atoms with Gasteiger partial charge in [0.1, 0.15) is 12.4 Å². The van der Waals surface area contributed by atoms with Crippen molar-refractivity contribution in [2.75, 3.05) is 25.0 Å². The lowest BCUT2D eigenvalue weighted by atomic mass is 9.88. The number of hydrogen-bond acceptors (Lipinski definition) is 3. The van der Waals surface area contributed by atoms with Crippen LogP contribution in [-0.4, -0.2) is 36.2 Å². The van der Waals surface area contributed by atoms with Gasteiger partial charge in [0.25, 0.3) is 0 Å². The van der Waals surface area contributed by atoms with E-state index in [1.165, 1.54) is 37.1 Å². The topological polar surface area (TPSA) is 24.5 Å². The van der Waals surface area contributed by atoms with Crippen molar-refractivity contribution in [2.24, 2.45) is 0 Å². The molecular formula is C18H28N2O. The lowest BCUT2D eigenvalue weighted by Gasteiger charge is -2.47. The summed E-state index contributed by atoms with van der Waals surface area (Å²) in [5.41, 5.74) is 2.83. The Hall–Kier alpha value is -1.22. The normalized spacial score (nSPS) is 25.7. The van der Waals surface area contributed by atoms with Gasteiger partial charge in [-0.05, 0) is 70.3 Å². The Labute approximate surface area is 128 Å². The molecular weight excluding hydrogens is 260 g/mol. The molecule has 0 bridgehead atoms. The SMILES string of the molecule is CC(C)N1CCCCC1(C)COc1ccc2c(c1)CCN2. The van der Waals surface area contributed by atoms with Crippen LogP contribution in [0.1, 0.15) is 45.6 Å². The Morgan fingerprint density at radius 1 is 1.33 bits per heavy atom. The van der Waals surface area contributed by atoms with E-state index in [4.69, 9.17) is 4.74 Å². The summed E-state index contributed by atoms with van der Waals surface area (Å²) in [6.45, 7) is 10.00. The Morgan fingerprint density at radius 2 is 2.19 bits per heavy atom. The van der Waals surface area contributed by atoms with E-state index in [9.17, 15) is 0 Å². The summed E-state index contributed by atoms with van der Waals surface area (Å²) in [5, 5.41) is 3.40. The molecule has 1 N–H and O–H groups in total. The molecule has 1 saturated heterocycles. The molecule has 21 heavy (non-hydrogen) atoms. The molecule has 2 aliphatic rings. The molecule has 1 unspecified atom stereocenters. The van der Waals surface area contributed by atoms with Crippen molar-refractivity contribution < 1.29 is 4.74 Å². The molecule has 3 nitrogen and oxygen atoms in total. The van der Waals surface area contributed by atoms with Gasteiger partial charge in [-0.2, -0.15) is 0 Å². The second-order valence-corrected chi connectivity index (χ2v) is 7.03. The zero-order valence-corrected chi connectivity index (χ0v) is 13.6. The van der Waals surface area contributed by atoms with Crippen LogP contribution in [-0.2, 0) is 6.42 Å². The summed E-state index contributed by atoms with van der Waals surface area (Å²) in [4.78, 5) is 2.62. The van der Waals surface area contributed by atoms with E-state index >= 15 is 0 Å². The van der Waals surface area contributed by atoms with Crippen molar-refractivity contribution in [2.45, 2.75) is 58.0 Å². The van der Waals surface area contributed by atoms with Crippen molar-refractivity contribution in [1.82, 2.24) is 4.90 Å². The highest BCUT2D eigenvalue weighted by Crippen LogP contribution is 2.32. The van der Waals surface area contributed by atoms with E-state index in [0.29, 0.717) is 6.04 Å². The Balaban J connectivity index is 1.68. The van der Waals surface area contributed by atoms with Gasteiger partial charge in [-0.15, -0.1) is 0 Å². The van der Waals surface area contributed by atoms with Gasteiger partial charge in [0.2, 0.25) is 0 Å². The summed E-state index contributed by atoms with van der Waals surface area (Å²) in [6.07, 6.45) is 4.98. The maximum atomic E-state index is 6.18. The van der Waals surface area contributed by atoms with E-state index in [-0.39, 0.29) is 5.54 Å². The summed E-state index contributed by atoms with van der Waals surface area (Å²) in [5.74, 6) is 1.02. The van der Waals surface area contributed by atoms with Crippen LogP contribution in [0.2, 0.25) is 0 Å². The Morgan fingerprint density at radius 3 is 3.00 bits per heavy atom. The van der Waals surface area contributed by atoms with Gasteiger partial charge in [-0.25, -0.2) is 0 Å². The number of rotatable bonds is 4. The highest BCUT2D eigenvalue weighted by Gasteiger charge is 2.36. The van der Waals surface area contributed by atoms with Crippen molar-refractivity contribution in [3.05, 3.63) is 23.8 Å². The van der Waals surface area contributed by atoms with Crippen molar-refractivity contribution in [3.63, 3.8) is 0 Å². The quantitative estimate of drug-likeness (QED) is 0.914. The molecule has 3 rings (SSSR count). The van der Waals surface area contributed by atoms with Crippen LogP contribution >= 0.6 is 0 Å². The van der Waals surface area contributed by atoms with Gasteiger partial charge in [0.05, 0.1) is 5.54 Å². The third kappa shape index (κ3) is 3.03. The van der Waals surface area contributed by atoms with Crippen LogP contribution in [0.3, 0.4) is 0 Å². The van der Waals surface area contributed by atoms with Crippen LogP contribution in [0.5, 0.6) is 5.75 Å². The molecule has 0 spiro atoms. The zero-order chi connectivity index (χ0) is 14.9. The van der Waals surface area contributed by atoms with E-state index in [2.05, 4.69) is 49.2 Å². The number of likely N-dealkylation sites (tertiary alicyclic amines) is 1. The summed E-state index contributed by atoms with van der Waals surface area (Å²) >= 11 is 0. The predicted octanol–water partition coefficient (Wildman–Crippen LogP) is 3.69. The number of hydrogen-bond donors (Lipinski definition) is 1. The smallest absolute Gasteiger partial charge is 0.119 e. The minimum Gasteiger partial charge on any atom is -0.492 e. The van der Waals surface area contributed by atoms with Crippen LogP contribution in [0.25, 0.3) is 0 Å². The molecule has 0 aromatic heterocycles. The molecule has 1 fully saturated rings. The highest BCUT2D eigenvalue weighted by atomic mass is 16.5. The molecule has 0 amide bonds. The number of anilines is 1. The van der Waals surface area contributed by atoms with Crippen molar-refractivity contribution >= 4 is 5.69 Å². The number of ether oxygens (including phenoxy) is 1. The maximum absolute atomic E-state index is 6.18. The first-order chi connectivity index (χ1) is 10.1. The largest absolute Gasteiger partial charge is 0.492 e. The first-order valence-corrected chi connectivity index (χ1v) is 8.35. The molecule has 0 radical (unpaired) electrons. The monoisotopic (exact) mass is 288 g/mol. The van der Waals surface area contributed by atoms with Crippen LogP contribution < -0.4 is 10.1 Å². The van der Waals surface area contributed by atoms with Gasteiger partial charge in [-0.3, -0.25) is 4.90 Å². The van der Waals surface area contributed by atoms with Crippen LogP contribution in [0.15, 0.2) is 18.2 Å². The van der Waals surface area contributed by atoms with E-state index in [1.807, 2.05) is 0 Å². The molecule has 1 aromatic rings. The maximum Gasteiger partial charge on any atom is 0.119 e. The van der Waals surface area contributed by atoms with E-state index in [0.717, 1.165) is 25.3 Å². The second-order valence-electron chi connectivity index (χ2n) is 7.03. The number of piperidine rings is 1. The average Bonchev–Trinajstić information content (AvgIpc) is 2.93. The third-order valence-corrected chi connectivity index (χ3v) is 5.02. The lowest BCUT2D eigenvalue weighted by molar-refractivity contribution is -0.00143. The summed E-state index contributed by atoms with van der Waals surface area (Å²) in [7, 11) is 0. The summed E-state index contributed by atoms with van der Waals surface area (Å²) < 4.78 is 6.18.